The fourth-order valence-electron chi connectivity index (χ4n) is 1.44. The van der Waals surface area contributed by atoms with Crippen LogP contribution >= 0.6 is 0 Å². The average molecular weight is 220 g/mol. The highest BCUT2D eigenvalue weighted by Gasteiger charge is 2.09. The van der Waals surface area contributed by atoms with E-state index in [2.05, 4.69) is 20.1 Å². The highest BCUT2D eigenvalue weighted by Crippen LogP contribution is 2.14. The van der Waals surface area contributed by atoms with Crippen LogP contribution in [-0.4, -0.2) is 24.7 Å². The predicted octanol–water partition coefficient (Wildman–Crippen LogP) is -0.290. The van der Waals surface area contributed by atoms with Crippen LogP contribution in [0.25, 0.3) is 11.5 Å². The van der Waals surface area contributed by atoms with Crippen LogP contribution in [0.15, 0.2) is 10.9 Å². The van der Waals surface area contributed by atoms with Crippen LogP contribution < -0.4 is 11.4 Å². The summed E-state index contributed by atoms with van der Waals surface area (Å²) >= 11 is 0. The Hall–Kier alpha value is -2.18. The minimum Gasteiger partial charge on any atom is -0.368 e. The number of nitrogen functional groups attached to an aromatic ring is 1. The van der Waals surface area contributed by atoms with Gasteiger partial charge in [0.2, 0.25) is 5.95 Å². The molecule has 0 amide bonds. The van der Waals surface area contributed by atoms with Crippen molar-refractivity contribution in [2.24, 2.45) is 7.05 Å². The molecule has 0 spiro atoms. The molecule has 2 aromatic rings. The normalized spacial score (nSPS) is 10.6. The van der Waals surface area contributed by atoms with Gasteiger partial charge in [0.15, 0.2) is 5.82 Å². The number of aromatic nitrogens is 5. The Morgan fingerprint density at radius 1 is 1.50 bits per heavy atom. The molecule has 7 heteroatoms. The number of rotatable bonds is 2. The van der Waals surface area contributed by atoms with Gasteiger partial charge in [-0.15, -0.1) is 0 Å². The molecule has 7 nitrogen and oxygen atoms in total. The van der Waals surface area contributed by atoms with Gasteiger partial charge in [-0.2, -0.15) is 15.1 Å². The van der Waals surface area contributed by atoms with Crippen LogP contribution in [-0.2, 0) is 13.5 Å². The van der Waals surface area contributed by atoms with E-state index in [4.69, 9.17) is 5.73 Å². The van der Waals surface area contributed by atoms with Crippen molar-refractivity contribution >= 4 is 5.95 Å². The molecule has 0 fully saturated rings. The van der Waals surface area contributed by atoms with Crippen molar-refractivity contribution in [1.82, 2.24) is 24.7 Å². The van der Waals surface area contributed by atoms with E-state index in [1.807, 2.05) is 13.0 Å². The second kappa shape index (κ2) is 3.76. The molecule has 0 saturated heterocycles. The molecule has 2 aromatic heterocycles. The quantitative estimate of drug-likeness (QED) is 0.724. The molecular weight excluding hydrogens is 208 g/mol. The molecule has 0 radical (unpaired) electrons. The highest BCUT2D eigenvalue weighted by atomic mass is 16.1. The smallest absolute Gasteiger partial charge is 0.349 e. The highest BCUT2D eigenvalue weighted by molar-refractivity contribution is 5.51. The lowest BCUT2D eigenvalue weighted by Crippen LogP contribution is -2.16. The maximum absolute atomic E-state index is 11.2. The van der Waals surface area contributed by atoms with Crippen LogP contribution in [0.1, 0.15) is 12.6 Å². The van der Waals surface area contributed by atoms with Gasteiger partial charge in [0, 0.05) is 7.05 Å². The summed E-state index contributed by atoms with van der Waals surface area (Å²) in [4.78, 5) is 21.1. The minimum absolute atomic E-state index is 0.0435. The molecule has 0 unspecified atom stereocenters. The number of nitrogens with two attached hydrogens (primary N) is 1. The van der Waals surface area contributed by atoms with Crippen molar-refractivity contribution in [3.05, 3.63) is 22.2 Å². The van der Waals surface area contributed by atoms with Gasteiger partial charge in [-0.1, -0.05) is 6.92 Å². The van der Waals surface area contributed by atoms with E-state index in [1.54, 1.807) is 11.7 Å². The summed E-state index contributed by atoms with van der Waals surface area (Å²) in [6, 6.07) is 1.86. The number of H-pyrrole nitrogens is 1. The molecule has 2 rings (SSSR count). The third-order valence-electron chi connectivity index (χ3n) is 2.20. The second-order valence-electron chi connectivity index (χ2n) is 3.36. The second-order valence-corrected chi connectivity index (χ2v) is 3.36. The van der Waals surface area contributed by atoms with E-state index in [-0.39, 0.29) is 5.95 Å². The summed E-state index contributed by atoms with van der Waals surface area (Å²) in [6.07, 6.45) is 0.818. The number of nitrogens with one attached hydrogen (secondary N) is 1. The van der Waals surface area contributed by atoms with Crippen LogP contribution in [0.2, 0.25) is 0 Å². The molecule has 2 heterocycles. The summed E-state index contributed by atoms with van der Waals surface area (Å²) < 4.78 is 1.65. The maximum Gasteiger partial charge on any atom is 0.349 e. The zero-order valence-electron chi connectivity index (χ0n) is 9.06. The van der Waals surface area contributed by atoms with Gasteiger partial charge < -0.3 is 5.73 Å². The van der Waals surface area contributed by atoms with Gasteiger partial charge in [0.25, 0.3) is 0 Å². The average Bonchev–Trinajstić information content (AvgIpc) is 2.58. The number of nitrogens with zero attached hydrogens (tertiary/aromatic N) is 4. The largest absolute Gasteiger partial charge is 0.368 e. The Bertz CT molecular complexity index is 570. The van der Waals surface area contributed by atoms with E-state index in [1.165, 1.54) is 0 Å². The molecule has 0 saturated carbocycles. The van der Waals surface area contributed by atoms with Crippen molar-refractivity contribution in [2.75, 3.05) is 5.73 Å². The number of aromatic amines is 1. The first-order valence-corrected chi connectivity index (χ1v) is 4.87. The molecular formula is C9H12N6O. The fourth-order valence-corrected chi connectivity index (χ4v) is 1.44. The lowest BCUT2D eigenvalue weighted by molar-refractivity contribution is 0.747. The monoisotopic (exact) mass is 220 g/mol. The van der Waals surface area contributed by atoms with E-state index in [0.717, 1.165) is 12.1 Å². The number of hydrogen-bond acceptors (Lipinski definition) is 5. The van der Waals surface area contributed by atoms with Gasteiger partial charge in [0.05, 0.1) is 5.69 Å². The summed E-state index contributed by atoms with van der Waals surface area (Å²) in [7, 11) is 1.78. The Morgan fingerprint density at radius 2 is 2.25 bits per heavy atom. The minimum atomic E-state index is -0.512. The van der Waals surface area contributed by atoms with Crippen molar-refractivity contribution in [3.8, 4) is 11.5 Å². The maximum atomic E-state index is 11.2. The number of aryl methyl sites for hydroxylation is 2. The zero-order chi connectivity index (χ0) is 11.7. The van der Waals surface area contributed by atoms with Gasteiger partial charge in [-0.25, -0.2) is 4.79 Å². The standard InChI is InChI=1S/C9H12N6O/c1-3-5-4-6(15(2)14-5)7-11-8(10)13-9(16)12-7/h4H,3H2,1-2H3,(H3,10,11,12,13,16). The zero-order valence-corrected chi connectivity index (χ0v) is 9.06. The summed E-state index contributed by atoms with van der Waals surface area (Å²) in [5.74, 6) is 0.338. The molecule has 3 N–H and O–H groups in total. The topological polar surface area (TPSA) is 102 Å². The fraction of sp³-hybridized carbons (Fsp3) is 0.333. The first-order valence-electron chi connectivity index (χ1n) is 4.87. The molecule has 0 aliphatic heterocycles. The third-order valence-corrected chi connectivity index (χ3v) is 2.20. The summed E-state index contributed by atoms with van der Waals surface area (Å²) in [5.41, 5.74) is 6.54. The lowest BCUT2D eigenvalue weighted by atomic mass is 10.3. The lowest BCUT2D eigenvalue weighted by Gasteiger charge is -2.00. The van der Waals surface area contributed by atoms with Crippen LogP contribution in [0.4, 0.5) is 5.95 Å². The van der Waals surface area contributed by atoms with Gasteiger partial charge in [-0.3, -0.25) is 9.67 Å². The SMILES string of the molecule is CCc1cc(-c2nc(N)nc(=O)[nH]2)n(C)n1. The number of anilines is 1. The van der Waals surface area contributed by atoms with Gasteiger partial charge in [-0.05, 0) is 12.5 Å². The van der Waals surface area contributed by atoms with Crippen molar-refractivity contribution in [2.45, 2.75) is 13.3 Å². The molecule has 0 atom stereocenters. The van der Waals surface area contributed by atoms with Crippen molar-refractivity contribution in [1.29, 1.82) is 0 Å². The van der Waals surface area contributed by atoms with Crippen LogP contribution in [0, 0.1) is 0 Å². The van der Waals surface area contributed by atoms with Crippen molar-refractivity contribution < 1.29 is 0 Å². The molecule has 0 bridgehead atoms. The Balaban J connectivity index is 2.57. The molecule has 84 valence electrons. The van der Waals surface area contributed by atoms with E-state index < -0.39 is 5.69 Å². The van der Waals surface area contributed by atoms with E-state index >= 15 is 0 Å². The van der Waals surface area contributed by atoms with Crippen molar-refractivity contribution in [3.63, 3.8) is 0 Å². The molecule has 0 aromatic carbocycles. The Morgan fingerprint density at radius 3 is 2.81 bits per heavy atom. The first kappa shape index (κ1) is 10.3. The predicted molar refractivity (Wildman–Crippen MR) is 58.6 cm³/mol. The molecule has 0 aliphatic rings. The van der Waals surface area contributed by atoms with Crippen LogP contribution in [0.5, 0.6) is 0 Å². The first-order chi connectivity index (χ1) is 7.60. The summed E-state index contributed by atoms with van der Waals surface area (Å²) in [6.45, 7) is 2.00. The van der Waals surface area contributed by atoms with E-state index in [9.17, 15) is 4.79 Å². The Kier molecular flexibility index (Phi) is 2.43. The number of hydrogen-bond donors (Lipinski definition) is 2. The van der Waals surface area contributed by atoms with Crippen LogP contribution in [0.3, 0.4) is 0 Å². The van der Waals surface area contributed by atoms with Gasteiger partial charge in [0.1, 0.15) is 5.69 Å². The van der Waals surface area contributed by atoms with E-state index in [0.29, 0.717) is 11.5 Å². The molecule has 0 aliphatic carbocycles. The Labute approximate surface area is 91.4 Å². The summed E-state index contributed by atoms with van der Waals surface area (Å²) in [5, 5.41) is 4.26. The molecule has 16 heavy (non-hydrogen) atoms. The third kappa shape index (κ3) is 1.79. The van der Waals surface area contributed by atoms with Gasteiger partial charge >= 0.3 is 5.69 Å².